The Labute approximate surface area is 386 Å². The normalized spacial score (nSPS) is 14.4. The van der Waals surface area contributed by atoms with Crippen molar-refractivity contribution in [2.24, 2.45) is 0 Å². The molecular weight excluding hydrogens is 906 g/mol. The molecule has 6 rings (SSSR count). The van der Waals surface area contributed by atoms with Crippen molar-refractivity contribution in [2.45, 2.75) is 103 Å². The van der Waals surface area contributed by atoms with E-state index in [-0.39, 0.29) is 78.1 Å². The molecule has 21 heteroatoms. The highest BCUT2D eigenvalue weighted by Crippen LogP contribution is 2.30. The molecule has 2 aromatic heterocycles. The van der Waals surface area contributed by atoms with E-state index >= 15 is 0 Å². The van der Waals surface area contributed by atoms with Crippen LogP contribution in [0.3, 0.4) is 0 Å². The van der Waals surface area contributed by atoms with Crippen molar-refractivity contribution in [3.05, 3.63) is 124 Å². The minimum atomic E-state index is -4.80. The zero-order valence-corrected chi connectivity index (χ0v) is 37.3. The Balaban J connectivity index is 0.000000775. The number of aromatic nitrogens is 3. The number of aryl methyl sites for hydroxylation is 2. The van der Waals surface area contributed by atoms with Crippen molar-refractivity contribution in [1.82, 2.24) is 24.3 Å². The van der Waals surface area contributed by atoms with E-state index in [1.165, 1.54) is 42.6 Å². The average Bonchev–Trinajstić information content (AvgIpc) is 3.29. The number of nitrogens with zero attached hydrogens (tertiary/aromatic N) is 5. The lowest BCUT2D eigenvalue weighted by Gasteiger charge is -2.44. The standard InChI is InChI=1S/C43H44F5N5O5.C4H6O6/c1-27(2)57-41(56)42(3,4)51-23-20-32(21-24-51)52(25-28-10-12-29(13-11-28)30-14-17-33(18-15-30)58-43(46,47)48)37(54)26-53-36(19-16-31-7-5-9-35(44)38(31)45)50-40(55)34-8-6-22-49-39(34)53;5-1(3(7)8)2(6)4(9)10/h5-15,17-18,22,27,32H,16,19-21,23-26H2,1-4H3;1-2,5-6H,(H,7,8)(H,9,10)/t;1-,2-/m.1/s1. The van der Waals surface area contributed by atoms with Crippen molar-refractivity contribution in [1.29, 1.82) is 0 Å². The lowest BCUT2D eigenvalue weighted by atomic mass is 9.95. The van der Waals surface area contributed by atoms with E-state index in [2.05, 4.69) is 14.7 Å². The Morgan fingerprint density at radius 2 is 1.43 bits per heavy atom. The van der Waals surface area contributed by atoms with Crippen LogP contribution in [0.2, 0.25) is 0 Å². The van der Waals surface area contributed by atoms with Crippen LogP contribution in [0.1, 0.15) is 57.5 Å². The first-order valence-electron chi connectivity index (χ1n) is 21.3. The number of amides is 1. The molecule has 0 unspecified atom stereocenters. The zero-order chi connectivity index (χ0) is 50.1. The van der Waals surface area contributed by atoms with E-state index in [1.807, 2.05) is 43.0 Å². The Hall–Kier alpha value is -6.84. The molecule has 1 aliphatic heterocycles. The number of carboxylic acid groups (broad SMARTS) is 2. The van der Waals surface area contributed by atoms with Crippen molar-refractivity contribution in [3.8, 4) is 16.9 Å². The molecule has 0 radical (unpaired) electrons. The highest BCUT2D eigenvalue weighted by atomic mass is 19.4. The molecule has 68 heavy (non-hydrogen) atoms. The van der Waals surface area contributed by atoms with Crippen molar-refractivity contribution in [3.63, 3.8) is 0 Å². The van der Waals surface area contributed by atoms with Crippen molar-refractivity contribution in [2.75, 3.05) is 13.1 Å². The molecular formula is C47H50F5N5O11. The molecule has 0 aliphatic carbocycles. The molecule has 3 aromatic carbocycles. The summed E-state index contributed by atoms with van der Waals surface area (Å²) in [5.41, 5.74) is 1.03. The fourth-order valence-electron chi connectivity index (χ4n) is 7.47. The van der Waals surface area contributed by atoms with Gasteiger partial charge in [-0.3, -0.25) is 19.3 Å². The Morgan fingerprint density at radius 3 is 1.99 bits per heavy atom. The van der Waals surface area contributed by atoms with Crippen LogP contribution in [0.4, 0.5) is 22.0 Å². The highest BCUT2D eigenvalue weighted by molar-refractivity contribution is 5.83. The molecule has 3 heterocycles. The molecule has 16 nitrogen and oxygen atoms in total. The van der Waals surface area contributed by atoms with Crippen LogP contribution in [0, 0.1) is 11.6 Å². The third kappa shape index (κ3) is 13.4. The maximum absolute atomic E-state index is 14.7. The van der Waals surface area contributed by atoms with E-state index in [9.17, 15) is 45.9 Å². The van der Waals surface area contributed by atoms with Gasteiger partial charge in [0.2, 0.25) is 5.91 Å². The number of hydrogen-bond donors (Lipinski definition) is 4. The second-order valence-electron chi connectivity index (χ2n) is 16.6. The van der Waals surface area contributed by atoms with Crippen molar-refractivity contribution >= 4 is 34.8 Å². The summed E-state index contributed by atoms with van der Waals surface area (Å²) >= 11 is 0. The van der Waals surface area contributed by atoms with Crippen LogP contribution in [0.15, 0.2) is 89.9 Å². The van der Waals surface area contributed by atoms with Crippen LogP contribution in [0.25, 0.3) is 22.2 Å². The minimum absolute atomic E-state index is 0.00416. The third-order valence-electron chi connectivity index (χ3n) is 11.1. The van der Waals surface area contributed by atoms with Crippen LogP contribution >= 0.6 is 0 Å². The van der Waals surface area contributed by atoms with Crippen LogP contribution < -0.4 is 10.3 Å². The molecule has 4 N–H and O–H groups in total. The number of carboxylic acids is 2. The topological polar surface area (TPSA) is 222 Å². The second kappa shape index (κ2) is 22.3. The van der Waals surface area contributed by atoms with Gasteiger partial charge in [-0.15, -0.1) is 13.2 Å². The maximum atomic E-state index is 14.7. The molecule has 0 spiro atoms. The monoisotopic (exact) mass is 955 g/mol. The van der Waals surface area contributed by atoms with Gasteiger partial charge >= 0.3 is 24.3 Å². The molecule has 5 aromatic rings. The Bertz CT molecular complexity index is 2620. The van der Waals surface area contributed by atoms with Crippen molar-refractivity contribution < 1.29 is 71.0 Å². The van der Waals surface area contributed by atoms with E-state index in [4.69, 9.17) is 25.2 Å². The molecule has 364 valence electrons. The Morgan fingerprint density at radius 1 is 0.838 bits per heavy atom. The number of carbonyl (C=O) groups excluding carboxylic acids is 2. The van der Waals surface area contributed by atoms with Gasteiger partial charge in [0.05, 0.1) is 11.5 Å². The maximum Gasteiger partial charge on any atom is 0.573 e. The number of alkyl halides is 3. The number of aliphatic carboxylic acids is 2. The van der Waals surface area contributed by atoms with Crippen LogP contribution in [0.5, 0.6) is 5.75 Å². The quantitative estimate of drug-likeness (QED) is 0.0707. The SMILES string of the molecule is CC(C)OC(=O)C(C)(C)N1CCC(N(Cc2ccc(-c3ccc(OC(F)(F)F)cc3)cc2)C(=O)Cn2c(CCc3cccc(F)c3F)nc(=O)c3cccnc32)CC1.O=C(O)[C@H](O)[C@@H](O)C(=O)O. The summed E-state index contributed by atoms with van der Waals surface area (Å²) in [6.45, 7) is 8.13. The number of aliphatic hydroxyl groups is 2. The smallest absolute Gasteiger partial charge is 0.479 e. The summed E-state index contributed by atoms with van der Waals surface area (Å²) in [7, 11) is 0. The van der Waals surface area contributed by atoms with Crippen LogP contribution in [-0.4, -0.2) is 118 Å². The number of carbonyl (C=O) groups is 4. The average molecular weight is 956 g/mol. The van der Waals surface area contributed by atoms with E-state index < -0.39 is 53.2 Å². The number of hydrogen-bond acceptors (Lipinski definition) is 12. The van der Waals surface area contributed by atoms with E-state index in [0.717, 1.165) is 17.2 Å². The summed E-state index contributed by atoms with van der Waals surface area (Å²) < 4.78 is 77.8. The Kier molecular flexibility index (Phi) is 17.1. The number of halogens is 5. The zero-order valence-electron chi connectivity index (χ0n) is 37.3. The van der Waals surface area contributed by atoms with Gasteiger partial charge < -0.3 is 39.4 Å². The highest BCUT2D eigenvalue weighted by Gasteiger charge is 2.40. The number of pyridine rings is 1. The molecule has 1 amide bonds. The summed E-state index contributed by atoms with van der Waals surface area (Å²) in [5, 5.41) is 32.7. The number of piperidine rings is 1. The number of rotatable bonds is 16. The van der Waals surface area contributed by atoms with E-state index in [0.29, 0.717) is 31.5 Å². The van der Waals surface area contributed by atoms with Gasteiger partial charge in [-0.05, 0) is 99.5 Å². The van der Waals surface area contributed by atoms with E-state index in [1.54, 1.807) is 35.4 Å². The van der Waals surface area contributed by atoms with Gasteiger partial charge in [-0.1, -0.05) is 48.5 Å². The number of aliphatic hydroxyl groups excluding tert-OH is 2. The molecule has 1 aliphatic rings. The number of likely N-dealkylation sites (tertiary alicyclic amines) is 1. The predicted molar refractivity (Wildman–Crippen MR) is 234 cm³/mol. The predicted octanol–water partition coefficient (Wildman–Crippen LogP) is 5.52. The first-order chi connectivity index (χ1) is 32.0. The van der Waals surface area contributed by atoms with Gasteiger partial charge in [0.1, 0.15) is 29.3 Å². The molecule has 1 fully saturated rings. The number of benzene rings is 3. The van der Waals surface area contributed by atoms with Gasteiger partial charge in [-0.25, -0.2) is 23.4 Å². The fourth-order valence-corrected chi connectivity index (χ4v) is 7.47. The van der Waals surface area contributed by atoms with Gasteiger partial charge in [-0.2, -0.15) is 4.98 Å². The molecule has 0 saturated carbocycles. The van der Waals surface area contributed by atoms with Gasteiger partial charge in [0.25, 0.3) is 5.56 Å². The third-order valence-corrected chi connectivity index (χ3v) is 11.1. The van der Waals surface area contributed by atoms with Crippen LogP contribution in [-0.2, 0) is 49.8 Å². The largest absolute Gasteiger partial charge is 0.573 e. The molecule has 2 atom stereocenters. The first-order valence-corrected chi connectivity index (χ1v) is 21.3. The number of esters is 1. The number of ether oxygens (including phenoxy) is 2. The molecule has 0 bridgehead atoms. The summed E-state index contributed by atoms with van der Waals surface area (Å²) in [6, 6.07) is 19.6. The summed E-state index contributed by atoms with van der Waals surface area (Å²) in [5.74, 6) is -6.33. The fraction of sp³-hybridized carbons (Fsp3) is 0.383. The molecule has 1 saturated heterocycles. The second-order valence-corrected chi connectivity index (χ2v) is 16.6. The summed E-state index contributed by atoms with van der Waals surface area (Å²) in [6.07, 6.45) is -7.04. The number of fused-ring (bicyclic) bond motifs is 1. The van der Waals surface area contributed by atoms with Gasteiger partial charge in [0.15, 0.2) is 23.8 Å². The lowest BCUT2D eigenvalue weighted by molar-refractivity contribution is -0.274. The minimum Gasteiger partial charge on any atom is -0.479 e. The van der Waals surface area contributed by atoms with Gasteiger partial charge in [0, 0.05) is 38.3 Å². The summed E-state index contributed by atoms with van der Waals surface area (Å²) in [4.78, 5) is 72.9. The first kappa shape index (κ1) is 52.1. The lowest BCUT2D eigenvalue weighted by Crippen LogP contribution is -2.57.